The second-order valence-electron chi connectivity index (χ2n) is 4.38. The molecule has 0 aliphatic heterocycles. The van der Waals surface area contributed by atoms with Crippen LogP contribution in [0.5, 0.6) is 0 Å². The first kappa shape index (κ1) is 9.78. The average molecular weight is 192 g/mol. The van der Waals surface area contributed by atoms with E-state index in [-0.39, 0.29) is 0 Å². The van der Waals surface area contributed by atoms with Gasteiger partial charge in [-0.1, -0.05) is 0 Å². The molecule has 1 aliphatic rings. The molecule has 1 saturated carbocycles. The first-order valence-electron chi connectivity index (χ1n) is 5.55. The minimum atomic E-state index is 0.666. The van der Waals surface area contributed by atoms with Crippen LogP contribution in [0.4, 0.5) is 0 Å². The third kappa shape index (κ3) is 1.48. The number of aryl methyl sites for hydroxylation is 2. The lowest BCUT2D eigenvalue weighted by molar-refractivity contribution is 0.404. The monoisotopic (exact) mass is 192 g/mol. The molecule has 0 aromatic carbocycles. The van der Waals surface area contributed by atoms with Crippen LogP contribution in [0.1, 0.15) is 36.7 Å². The zero-order valence-electron chi connectivity index (χ0n) is 9.38. The molecule has 2 heteroatoms. The van der Waals surface area contributed by atoms with Crippen molar-refractivity contribution < 1.29 is 0 Å². The molecule has 1 aromatic rings. The van der Waals surface area contributed by atoms with Crippen LogP contribution in [0.15, 0.2) is 12.1 Å². The Balaban J connectivity index is 2.29. The molecule has 2 unspecified atom stereocenters. The predicted octanol–water partition coefficient (Wildman–Crippen LogP) is 2.42. The lowest BCUT2D eigenvalue weighted by Crippen LogP contribution is -2.31. The van der Waals surface area contributed by atoms with Crippen LogP contribution in [0.25, 0.3) is 0 Å². The Morgan fingerprint density at radius 1 is 1.21 bits per heavy atom. The maximum atomic E-state index is 3.44. The zero-order valence-corrected chi connectivity index (χ0v) is 9.38. The van der Waals surface area contributed by atoms with Gasteiger partial charge in [-0.15, -0.1) is 0 Å². The van der Waals surface area contributed by atoms with Gasteiger partial charge in [0.2, 0.25) is 0 Å². The van der Waals surface area contributed by atoms with E-state index in [0.717, 1.165) is 0 Å². The molecule has 1 aromatic heterocycles. The van der Waals surface area contributed by atoms with E-state index in [1.54, 1.807) is 0 Å². The van der Waals surface area contributed by atoms with Gasteiger partial charge < -0.3 is 9.88 Å². The summed E-state index contributed by atoms with van der Waals surface area (Å²) >= 11 is 0. The number of hydrogen-bond acceptors (Lipinski definition) is 1. The van der Waals surface area contributed by atoms with Crippen molar-refractivity contribution in [3.63, 3.8) is 0 Å². The summed E-state index contributed by atoms with van der Waals surface area (Å²) in [6.07, 6.45) is 3.99. The summed E-state index contributed by atoms with van der Waals surface area (Å²) in [5.74, 6) is 0. The molecule has 2 atom stereocenters. The minimum Gasteiger partial charge on any atom is -0.345 e. The van der Waals surface area contributed by atoms with Gasteiger partial charge in [-0.05, 0) is 52.3 Å². The Morgan fingerprint density at radius 2 is 1.86 bits per heavy atom. The Bertz CT molecular complexity index is 295. The fourth-order valence-corrected chi connectivity index (χ4v) is 2.79. The third-order valence-corrected chi connectivity index (χ3v) is 3.51. The molecule has 2 rings (SSSR count). The highest BCUT2D eigenvalue weighted by Gasteiger charge is 2.28. The lowest BCUT2D eigenvalue weighted by atomic mass is 10.1. The SMILES string of the molecule is CNC1CCCC1n1c(C)ccc1C. The van der Waals surface area contributed by atoms with Crippen molar-refractivity contribution in [3.8, 4) is 0 Å². The minimum absolute atomic E-state index is 0.666. The van der Waals surface area contributed by atoms with Crippen LogP contribution >= 0.6 is 0 Å². The van der Waals surface area contributed by atoms with Crippen molar-refractivity contribution in [2.24, 2.45) is 0 Å². The molecule has 0 amide bonds. The first-order valence-corrected chi connectivity index (χ1v) is 5.55. The highest BCUT2D eigenvalue weighted by atomic mass is 15.1. The van der Waals surface area contributed by atoms with E-state index in [1.165, 1.54) is 30.7 Å². The van der Waals surface area contributed by atoms with Gasteiger partial charge in [-0.25, -0.2) is 0 Å². The standard InChI is InChI=1S/C12H20N2/c1-9-7-8-10(2)14(9)12-6-4-5-11(12)13-3/h7-8,11-13H,4-6H2,1-3H3. The van der Waals surface area contributed by atoms with E-state index in [0.29, 0.717) is 12.1 Å². The van der Waals surface area contributed by atoms with E-state index < -0.39 is 0 Å². The maximum Gasteiger partial charge on any atom is 0.0488 e. The van der Waals surface area contributed by atoms with Gasteiger partial charge in [0.05, 0.1) is 0 Å². The van der Waals surface area contributed by atoms with Crippen LogP contribution in [0.3, 0.4) is 0 Å². The lowest BCUT2D eigenvalue weighted by Gasteiger charge is -2.24. The van der Waals surface area contributed by atoms with E-state index in [9.17, 15) is 0 Å². The third-order valence-electron chi connectivity index (χ3n) is 3.51. The maximum absolute atomic E-state index is 3.44. The van der Waals surface area contributed by atoms with E-state index >= 15 is 0 Å². The summed E-state index contributed by atoms with van der Waals surface area (Å²) in [4.78, 5) is 0. The molecular weight excluding hydrogens is 172 g/mol. The predicted molar refractivity (Wildman–Crippen MR) is 59.6 cm³/mol. The number of likely N-dealkylation sites (N-methyl/N-ethyl adjacent to an activating group) is 1. The Morgan fingerprint density at radius 3 is 2.43 bits per heavy atom. The molecule has 1 aliphatic carbocycles. The fraction of sp³-hybridized carbons (Fsp3) is 0.667. The van der Waals surface area contributed by atoms with Crippen LogP contribution in [-0.4, -0.2) is 17.7 Å². The van der Waals surface area contributed by atoms with Crippen molar-refractivity contribution in [1.29, 1.82) is 0 Å². The van der Waals surface area contributed by atoms with E-state index in [2.05, 4.69) is 42.9 Å². The van der Waals surface area contributed by atoms with Crippen molar-refractivity contribution >= 4 is 0 Å². The number of hydrogen-bond donors (Lipinski definition) is 1. The van der Waals surface area contributed by atoms with Gasteiger partial charge in [0.15, 0.2) is 0 Å². The summed E-state index contributed by atoms with van der Waals surface area (Å²) < 4.78 is 2.49. The number of nitrogens with one attached hydrogen (secondary N) is 1. The van der Waals surface area contributed by atoms with Gasteiger partial charge in [0.25, 0.3) is 0 Å². The Labute approximate surface area is 86.3 Å². The van der Waals surface area contributed by atoms with Crippen LogP contribution in [0, 0.1) is 13.8 Å². The molecular formula is C12H20N2. The molecule has 0 radical (unpaired) electrons. The molecule has 1 heterocycles. The summed E-state index contributed by atoms with van der Waals surface area (Å²) in [5.41, 5.74) is 2.80. The smallest absolute Gasteiger partial charge is 0.0488 e. The molecule has 78 valence electrons. The van der Waals surface area contributed by atoms with Crippen molar-refractivity contribution in [3.05, 3.63) is 23.5 Å². The summed E-state index contributed by atoms with van der Waals surface area (Å²) in [7, 11) is 2.08. The molecule has 1 N–H and O–H groups in total. The van der Waals surface area contributed by atoms with Gasteiger partial charge in [-0.3, -0.25) is 0 Å². The van der Waals surface area contributed by atoms with Crippen molar-refractivity contribution in [2.45, 2.75) is 45.2 Å². The Kier molecular flexibility index (Phi) is 2.64. The highest BCUT2D eigenvalue weighted by Crippen LogP contribution is 2.32. The van der Waals surface area contributed by atoms with Crippen LogP contribution < -0.4 is 5.32 Å². The number of nitrogens with zero attached hydrogens (tertiary/aromatic N) is 1. The number of rotatable bonds is 2. The second-order valence-corrected chi connectivity index (χ2v) is 4.38. The molecule has 0 saturated heterocycles. The topological polar surface area (TPSA) is 17.0 Å². The largest absolute Gasteiger partial charge is 0.345 e. The van der Waals surface area contributed by atoms with E-state index in [4.69, 9.17) is 0 Å². The summed E-state index contributed by atoms with van der Waals surface area (Å²) in [6.45, 7) is 4.41. The van der Waals surface area contributed by atoms with Crippen LogP contribution in [-0.2, 0) is 0 Å². The van der Waals surface area contributed by atoms with Crippen molar-refractivity contribution in [2.75, 3.05) is 7.05 Å². The summed E-state index contributed by atoms with van der Waals surface area (Å²) in [5, 5.41) is 3.44. The van der Waals surface area contributed by atoms with E-state index in [1.807, 2.05) is 0 Å². The van der Waals surface area contributed by atoms with Gasteiger partial charge in [0.1, 0.15) is 0 Å². The zero-order chi connectivity index (χ0) is 10.1. The van der Waals surface area contributed by atoms with Gasteiger partial charge in [-0.2, -0.15) is 0 Å². The molecule has 2 nitrogen and oxygen atoms in total. The van der Waals surface area contributed by atoms with Gasteiger partial charge >= 0.3 is 0 Å². The molecule has 0 spiro atoms. The summed E-state index contributed by atoms with van der Waals surface area (Å²) in [6, 6.07) is 5.79. The quantitative estimate of drug-likeness (QED) is 0.761. The number of aromatic nitrogens is 1. The fourth-order valence-electron chi connectivity index (χ4n) is 2.79. The van der Waals surface area contributed by atoms with Crippen molar-refractivity contribution in [1.82, 2.24) is 9.88 Å². The van der Waals surface area contributed by atoms with Crippen LogP contribution in [0.2, 0.25) is 0 Å². The molecule has 0 bridgehead atoms. The molecule has 14 heavy (non-hydrogen) atoms. The van der Waals surface area contributed by atoms with Gasteiger partial charge in [0, 0.05) is 23.5 Å². The highest BCUT2D eigenvalue weighted by molar-refractivity contribution is 5.16. The Hall–Kier alpha value is -0.760. The molecule has 1 fully saturated rings. The average Bonchev–Trinajstić information content (AvgIpc) is 2.73. The second kappa shape index (κ2) is 3.77. The first-order chi connectivity index (χ1) is 6.74. The normalized spacial score (nSPS) is 27.1.